The maximum Gasteiger partial charge on any atom is 0.357 e. The largest absolute Gasteiger partial charge is 0.464 e. The van der Waals surface area contributed by atoms with E-state index in [1.807, 2.05) is 0 Å². The number of methoxy groups -OCH3 is 1. The van der Waals surface area contributed by atoms with Crippen LogP contribution in [0, 0.1) is 0 Å². The summed E-state index contributed by atoms with van der Waals surface area (Å²) in [5, 5.41) is 13.4. The summed E-state index contributed by atoms with van der Waals surface area (Å²) in [6, 6.07) is 0. The lowest BCUT2D eigenvalue weighted by Crippen LogP contribution is -2.28. The normalized spacial score (nSPS) is 13.9. The van der Waals surface area contributed by atoms with Gasteiger partial charge in [-0.2, -0.15) is 15.4 Å². The molecule has 0 radical (unpaired) electrons. The predicted octanol–water partition coefficient (Wildman–Crippen LogP) is -0.306. The minimum atomic E-state index is -0.453. The number of carbonyl (C=O) groups is 1. The van der Waals surface area contributed by atoms with E-state index >= 15 is 0 Å². The summed E-state index contributed by atoms with van der Waals surface area (Å²) in [5.41, 5.74) is 2.46. The zero-order valence-corrected chi connectivity index (χ0v) is 10.3. The molecule has 0 saturated carbocycles. The molecule has 98 valence electrons. The number of nitrogens with zero attached hydrogens (tertiary/aromatic N) is 4. The number of nitrogens with one attached hydrogen (secondary N) is 2. The number of fused-ring (bicyclic) bond motifs is 1. The molecule has 2 aromatic rings. The highest BCUT2D eigenvalue weighted by atomic mass is 16.5. The Bertz CT molecular complexity index is 610. The zero-order chi connectivity index (χ0) is 13.2. The summed E-state index contributed by atoms with van der Waals surface area (Å²) < 4.78 is 4.78. The quantitative estimate of drug-likeness (QED) is 0.713. The van der Waals surface area contributed by atoms with Crippen LogP contribution in [0.3, 0.4) is 0 Å². The average Bonchev–Trinajstić information content (AvgIpc) is 2.99. The first-order valence-corrected chi connectivity index (χ1v) is 5.84. The van der Waals surface area contributed by atoms with Gasteiger partial charge in [-0.15, -0.1) is 0 Å². The molecule has 0 aromatic carbocycles. The van der Waals surface area contributed by atoms with Crippen molar-refractivity contribution in [1.82, 2.24) is 30.7 Å². The molecule has 0 unspecified atom stereocenters. The van der Waals surface area contributed by atoms with Gasteiger partial charge in [-0.05, 0) is 13.0 Å². The number of hydrogen-bond donors (Lipinski definition) is 2. The third-order valence-electron chi connectivity index (χ3n) is 2.96. The van der Waals surface area contributed by atoms with Gasteiger partial charge in [0.1, 0.15) is 5.69 Å². The second-order valence-corrected chi connectivity index (χ2v) is 4.09. The summed E-state index contributed by atoms with van der Waals surface area (Å²) in [5.74, 6) is -0.0816. The van der Waals surface area contributed by atoms with Crippen molar-refractivity contribution < 1.29 is 9.53 Å². The molecule has 3 rings (SSSR count). The predicted molar refractivity (Wildman–Crippen MR) is 64.2 cm³/mol. The van der Waals surface area contributed by atoms with Crippen LogP contribution >= 0.6 is 0 Å². The van der Waals surface area contributed by atoms with Crippen LogP contribution in [0.2, 0.25) is 0 Å². The fourth-order valence-electron chi connectivity index (χ4n) is 2.05. The van der Waals surface area contributed by atoms with E-state index in [2.05, 4.69) is 30.7 Å². The second-order valence-electron chi connectivity index (χ2n) is 4.09. The molecule has 0 bridgehead atoms. The third kappa shape index (κ3) is 2.06. The van der Waals surface area contributed by atoms with Crippen LogP contribution in [0.5, 0.6) is 0 Å². The van der Waals surface area contributed by atoms with Crippen LogP contribution < -0.4 is 5.32 Å². The highest BCUT2D eigenvalue weighted by Gasteiger charge is 2.23. The van der Waals surface area contributed by atoms with Gasteiger partial charge in [0.05, 0.1) is 19.0 Å². The number of ether oxygens (including phenoxy) is 1. The summed E-state index contributed by atoms with van der Waals surface area (Å²) in [4.78, 5) is 20.5. The Morgan fingerprint density at radius 3 is 3.05 bits per heavy atom. The van der Waals surface area contributed by atoms with Crippen LogP contribution in [0.4, 0.5) is 0 Å². The number of rotatable bonds is 2. The van der Waals surface area contributed by atoms with Gasteiger partial charge in [0.25, 0.3) is 0 Å². The standard InChI is InChI=1S/C11H12N6O2/c1-19-11(18)9-6-2-3-12-4-7(6)14-10(15-9)8-5-13-17-16-8/h5,12H,2-4H2,1H3,(H,13,16,17). The second kappa shape index (κ2) is 4.73. The van der Waals surface area contributed by atoms with Gasteiger partial charge in [0.2, 0.25) is 0 Å². The Morgan fingerprint density at radius 2 is 2.32 bits per heavy atom. The first-order valence-electron chi connectivity index (χ1n) is 5.84. The highest BCUT2D eigenvalue weighted by molar-refractivity contribution is 5.89. The van der Waals surface area contributed by atoms with Crippen molar-refractivity contribution in [2.75, 3.05) is 13.7 Å². The van der Waals surface area contributed by atoms with Gasteiger partial charge >= 0.3 is 5.97 Å². The van der Waals surface area contributed by atoms with Crippen molar-refractivity contribution in [3.8, 4) is 11.5 Å². The van der Waals surface area contributed by atoms with E-state index in [4.69, 9.17) is 4.74 Å². The first-order chi connectivity index (χ1) is 9.29. The van der Waals surface area contributed by atoms with Gasteiger partial charge in [-0.25, -0.2) is 14.8 Å². The molecular formula is C11H12N6O2. The van der Waals surface area contributed by atoms with Gasteiger partial charge in [-0.3, -0.25) is 0 Å². The number of hydrogen-bond acceptors (Lipinski definition) is 7. The van der Waals surface area contributed by atoms with E-state index in [9.17, 15) is 4.79 Å². The molecule has 0 atom stereocenters. The van der Waals surface area contributed by atoms with Crippen LogP contribution in [-0.2, 0) is 17.7 Å². The molecule has 19 heavy (non-hydrogen) atoms. The Hall–Kier alpha value is -2.35. The number of aromatic nitrogens is 5. The minimum Gasteiger partial charge on any atom is -0.464 e. The molecule has 0 spiro atoms. The topological polar surface area (TPSA) is 106 Å². The van der Waals surface area contributed by atoms with E-state index in [0.717, 1.165) is 17.8 Å². The third-order valence-corrected chi connectivity index (χ3v) is 2.96. The molecule has 1 aliphatic heterocycles. The molecular weight excluding hydrogens is 248 g/mol. The summed E-state index contributed by atoms with van der Waals surface area (Å²) in [6.07, 6.45) is 2.22. The molecule has 8 nitrogen and oxygen atoms in total. The molecule has 3 heterocycles. The number of carbonyl (C=O) groups excluding carboxylic acids is 1. The monoisotopic (exact) mass is 260 g/mol. The van der Waals surface area contributed by atoms with Crippen molar-refractivity contribution in [1.29, 1.82) is 0 Å². The summed E-state index contributed by atoms with van der Waals surface area (Å²) >= 11 is 0. The Morgan fingerprint density at radius 1 is 1.42 bits per heavy atom. The highest BCUT2D eigenvalue weighted by Crippen LogP contribution is 2.20. The fourth-order valence-corrected chi connectivity index (χ4v) is 2.05. The number of aromatic amines is 1. The van der Waals surface area contributed by atoms with Crippen molar-refractivity contribution in [2.24, 2.45) is 0 Å². The Labute approximate surface area is 108 Å². The molecule has 0 aliphatic carbocycles. The van der Waals surface area contributed by atoms with Crippen LogP contribution in [0.25, 0.3) is 11.5 Å². The van der Waals surface area contributed by atoms with Crippen LogP contribution in [-0.4, -0.2) is 45.0 Å². The van der Waals surface area contributed by atoms with Crippen molar-refractivity contribution >= 4 is 5.97 Å². The SMILES string of the molecule is COC(=O)c1nc(-c2cn[nH]n2)nc2c1CCNC2. The van der Waals surface area contributed by atoms with Crippen molar-refractivity contribution in [2.45, 2.75) is 13.0 Å². The van der Waals surface area contributed by atoms with Crippen LogP contribution in [0.1, 0.15) is 21.7 Å². The molecule has 0 saturated heterocycles. The van der Waals surface area contributed by atoms with E-state index in [1.165, 1.54) is 13.3 Å². The number of esters is 1. The molecule has 0 fully saturated rings. The fraction of sp³-hybridized carbons (Fsp3) is 0.364. The van der Waals surface area contributed by atoms with E-state index in [-0.39, 0.29) is 0 Å². The van der Waals surface area contributed by atoms with Gasteiger partial charge in [0, 0.05) is 12.1 Å². The van der Waals surface area contributed by atoms with Gasteiger partial charge in [0.15, 0.2) is 11.5 Å². The van der Waals surface area contributed by atoms with Gasteiger partial charge < -0.3 is 10.1 Å². The lowest BCUT2D eigenvalue weighted by Gasteiger charge is -2.18. The lowest BCUT2D eigenvalue weighted by molar-refractivity contribution is 0.0592. The molecule has 1 aliphatic rings. The van der Waals surface area contributed by atoms with Gasteiger partial charge in [-0.1, -0.05) is 0 Å². The number of H-pyrrole nitrogens is 1. The van der Waals surface area contributed by atoms with E-state index in [0.29, 0.717) is 30.2 Å². The maximum atomic E-state index is 11.8. The lowest BCUT2D eigenvalue weighted by atomic mass is 10.0. The zero-order valence-electron chi connectivity index (χ0n) is 10.3. The van der Waals surface area contributed by atoms with E-state index < -0.39 is 5.97 Å². The smallest absolute Gasteiger partial charge is 0.357 e. The first kappa shape index (κ1) is 11.7. The average molecular weight is 260 g/mol. The molecule has 8 heteroatoms. The summed E-state index contributed by atoms with van der Waals surface area (Å²) in [6.45, 7) is 1.40. The summed E-state index contributed by atoms with van der Waals surface area (Å²) in [7, 11) is 1.34. The van der Waals surface area contributed by atoms with E-state index in [1.54, 1.807) is 0 Å². The molecule has 2 N–H and O–H groups in total. The Kier molecular flexibility index (Phi) is 2.92. The maximum absolute atomic E-state index is 11.8. The molecule has 0 amide bonds. The van der Waals surface area contributed by atoms with Crippen molar-refractivity contribution in [3.63, 3.8) is 0 Å². The van der Waals surface area contributed by atoms with Crippen molar-refractivity contribution in [3.05, 3.63) is 23.1 Å². The minimum absolute atomic E-state index is 0.312. The Balaban J connectivity index is 2.16. The molecule has 2 aromatic heterocycles. The van der Waals surface area contributed by atoms with Crippen LogP contribution in [0.15, 0.2) is 6.20 Å².